The first kappa shape index (κ1) is 13.2. The van der Waals surface area contributed by atoms with Gasteiger partial charge in [-0.05, 0) is 5.92 Å². The molecule has 1 unspecified atom stereocenters. The molecule has 0 aromatic carbocycles. The first-order valence-corrected chi connectivity index (χ1v) is 6.38. The van der Waals surface area contributed by atoms with Crippen molar-refractivity contribution in [2.75, 3.05) is 6.54 Å². The number of aromatic amines is 1. The van der Waals surface area contributed by atoms with E-state index in [1.54, 1.807) is 0 Å². The molecule has 1 heterocycles. The maximum Gasteiger partial charge on any atom is 0.273 e. The van der Waals surface area contributed by atoms with E-state index in [1.807, 2.05) is 0 Å². The summed E-state index contributed by atoms with van der Waals surface area (Å²) in [6.07, 6.45) is 3.62. The number of carbonyl (C=O) groups excluding carboxylic acids is 1. The van der Waals surface area contributed by atoms with Gasteiger partial charge in [-0.3, -0.25) is 4.79 Å². The SMILES string of the molecule is CCC(CC)C(Br)CNC(=O)c1cn[nH]n1. The highest BCUT2D eigenvalue weighted by Gasteiger charge is 2.17. The molecule has 0 saturated heterocycles. The molecule has 16 heavy (non-hydrogen) atoms. The lowest BCUT2D eigenvalue weighted by molar-refractivity contribution is 0.0947. The second-order valence-corrected chi connectivity index (χ2v) is 4.83. The lowest BCUT2D eigenvalue weighted by Crippen LogP contribution is -2.33. The van der Waals surface area contributed by atoms with Gasteiger partial charge < -0.3 is 5.32 Å². The van der Waals surface area contributed by atoms with Crippen LogP contribution in [0, 0.1) is 5.92 Å². The highest BCUT2D eigenvalue weighted by molar-refractivity contribution is 9.09. The predicted octanol–water partition coefficient (Wildman–Crippen LogP) is 1.73. The average molecular weight is 289 g/mol. The highest BCUT2D eigenvalue weighted by Crippen LogP contribution is 2.19. The molecular formula is C10H17BrN4O. The summed E-state index contributed by atoms with van der Waals surface area (Å²) in [6, 6.07) is 0. The van der Waals surface area contributed by atoms with Crippen LogP contribution in [0.25, 0.3) is 0 Å². The van der Waals surface area contributed by atoms with Crippen LogP contribution < -0.4 is 5.32 Å². The summed E-state index contributed by atoms with van der Waals surface area (Å²) in [5.74, 6) is 0.391. The Bertz CT molecular complexity index is 311. The van der Waals surface area contributed by atoms with Crippen LogP contribution in [0.5, 0.6) is 0 Å². The molecule has 0 bridgehead atoms. The highest BCUT2D eigenvalue weighted by atomic mass is 79.9. The quantitative estimate of drug-likeness (QED) is 0.784. The van der Waals surface area contributed by atoms with E-state index in [0.717, 1.165) is 12.8 Å². The first-order chi connectivity index (χ1) is 7.69. The standard InChI is InChI=1S/C10H17BrN4O/c1-3-7(4-2)8(11)5-12-10(16)9-6-13-15-14-9/h6-8H,3-5H2,1-2H3,(H,12,16)(H,13,14,15). The van der Waals surface area contributed by atoms with Crippen molar-refractivity contribution in [1.82, 2.24) is 20.7 Å². The number of H-pyrrole nitrogens is 1. The van der Waals surface area contributed by atoms with Crippen LogP contribution in [-0.2, 0) is 0 Å². The van der Waals surface area contributed by atoms with Gasteiger partial charge in [0.05, 0.1) is 6.20 Å². The van der Waals surface area contributed by atoms with Crippen molar-refractivity contribution in [2.24, 2.45) is 5.92 Å². The summed E-state index contributed by atoms with van der Waals surface area (Å²) in [5, 5.41) is 12.5. The van der Waals surface area contributed by atoms with Gasteiger partial charge in [-0.2, -0.15) is 15.4 Å². The van der Waals surface area contributed by atoms with E-state index in [4.69, 9.17) is 0 Å². The Morgan fingerprint density at radius 1 is 1.56 bits per heavy atom. The van der Waals surface area contributed by atoms with Crippen molar-refractivity contribution >= 4 is 21.8 Å². The predicted molar refractivity (Wildman–Crippen MR) is 65.5 cm³/mol. The molecule has 0 aliphatic rings. The molecule has 1 atom stereocenters. The van der Waals surface area contributed by atoms with Gasteiger partial charge in [0.25, 0.3) is 5.91 Å². The lowest BCUT2D eigenvalue weighted by Gasteiger charge is -2.19. The normalized spacial score (nSPS) is 12.8. The number of aromatic nitrogens is 3. The zero-order valence-corrected chi connectivity index (χ0v) is 11.1. The minimum Gasteiger partial charge on any atom is -0.349 e. The fourth-order valence-electron chi connectivity index (χ4n) is 1.56. The Labute approximate surface area is 104 Å². The smallest absolute Gasteiger partial charge is 0.273 e. The zero-order valence-electron chi connectivity index (χ0n) is 9.53. The summed E-state index contributed by atoms with van der Waals surface area (Å²) < 4.78 is 0. The molecule has 6 heteroatoms. The molecule has 0 saturated carbocycles. The van der Waals surface area contributed by atoms with E-state index in [0.29, 0.717) is 23.0 Å². The van der Waals surface area contributed by atoms with E-state index in [1.165, 1.54) is 6.20 Å². The van der Waals surface area contributed by atoms with Gasteiger partial charge in [0.15, 0.2) is 5.69 Å². The summed E-state index contributed by atoms with van der Waals surface area (Å²) in [5.41, 5.74) is 0.323. The summed E-state index contributed by atoms with van der Waals surface area (Å²) in [4.78, 5) is 11.9. The number of nitrogens with zero attached hydrogens (tertiary/aromatic N) is 2. The average Bonchev–Trinajstić information content (AvgIpc) is 2.81. The molecule has 1 aromatic rings. The van der Waals surface area contributed by atoms with Crippen LogP contribution in [0.15, 0.2) is 6.20 Å². The van der Waals surface area contributed by atoms with E-state index < -0.39 is 0 Å². The molecule has 1 aromatic heterocycles. The Balaban J connectivity index is 2.37. The monoisotopic (exact) mass is 288 g/mol. The maximum absolute atomic E-state index is 11.6. The Morgan fingerprint density at radius 2 is 2.25 bits per heavy atom. The second kappa shape index (κ2) is 6.62. The van der Waals surface area contributed by atoms with E-state index in [-0.39, 0.29) is 5.91 Å². The lowest BCUT2D eigenvalue weighted by atomic mass is 9.99. The molecule has 0 fully saturated rings. The van der Waals surface area contributed by atoms with Crippen LogP contribution in [0.1, 0.15) is 37.2 Å². The summed E-state index contributed by atoms with van der Waals surface area (Å²) in [6.45, 7) is 4.92. The second-order valence-electron chi connectivity index (χ2n) is 3.66. The Kier molecular flexibility index (Phi) is 5.45. The maximum atomic E-state index is 11.6. The number of amides is 1. The van der Waals surface area contributed by atoms with Gasteiger partial charge in [-0.15, -0.1) is 0 Å². The van der Waals surface area contributed by atoms with Crippen LogP contribution in [0.3, 0.4) is 0 Å². The molecule has 0 aliphatic carbocycles. The number of hydrogen-bond acceptors (Lipinski definition) is 3. The Morgan fingerprint density at radius 3 is 2.75 bits per heavy atom. The van der Waals surface area contributed by atoms with Crippen LogP contribution in [-0.4, -0.2) is 32.7 Å². The third-order valence-corrected chi connectivity index (χ3v) is 3.74. The summed E-state index contributed by atoms with van der Waals surface area (Å²) >= 11 is 3.60. The summed E-state index contributed by atoms with van der Waals surface area (Å²) in [7, 11) is 0. The van der Waals surface area contributed by atoms with Gasteiger partial charge in [0, 0.05) is 11.4 Å². The van der Waals surface area contributed by atoms with E-state index in [2.05, 4.69) is 50.5 Å². The Hall–Kier alpha value is -0.910. The van der Waals surface area contributed by atoms with Crippen molar-refractivity contribution in [3.8, 4) is 0 Å². The first-order valence-electron chi connectivity index (χ1n) is 5.47. The van der Waals surface area contributed by atoms with Crippen molar-refractivity contribution in [3.05, 3.63) is 11.9 Å². The van der Waals surface area contributed by atoms with Crippen molar-refractivity contribution in [2.45, 2.75) is 31.5 Å². The van der Waals surface area contributed by atoms with Crippen molar-refractivity contribution in [3.63, 3.8) is 0 Å². The van der Waals surface area contributed by atoms with E-state index >= 15 is 0 Å². The topological polar surface area (TPSA) is 70.7 Å². The number of alkyl halides is 1. The molecule has 0 radical (unpaired) electrons. The van der Waals surface area contributed by atoms with Crippen molar-refractivity contribution < 1.29 is 4.79 Å². The molecule has 1 amide bonds. The van der Waals surface area contributed by atoms with Crippen LogP contribution in [0.2, 0.25) is 0 Å². The van der Waals surface area contributed by atoms with E-state index in [9.17, 15) is 4.79 Å². The van der Waals surface area contributed by atoms with Gasteiger partial charge in [-0.25, -0.2) is 0 Å². The molecule has 1 rings (SSSR count). The molecule has 0 aliphatic heterocycles. The number of hydrogen-bond donors (Lipinski definition) is 2. The molecule has 0 spiro atoms. The molecular weight excluding hydrogens is 272 g/mol. The number of halogens is 1. The fourth-order valence-corrected chi connectivity index (χ4v) is 2.47. The number of nitrogens with one attached hydrogen (secondary N) is 2. The zero-order chi connectivity index (χ0) is 12.0. The fraction of sp³-hybridized carbons (Fsp3) is 0.700. The number of carbonyl (C=O) groups is 1. The van der Waals surface area contributed by atoms with Crippen LogP contribution in [0.4, 0.5) is 0 Å². The van der Waals surface area contributed by atoms with Gasteiger partial charge in [0.1, 0.15) is 0 Å². The minimum atomic E-state index is -0.191. The number of rotatable bonds is 6. The van der Waals surface area contributed by atoms with Gasteiger partial charge >= 0.3 is 0 Å². The molecule has 5 nitrogen and oxygen atoms in total. The molecule has 2 N–H and O–H groups in total. The van der Waals surface area contributed by atoms with Crippen LogP contribution >= 0.6 is 15.9 Å². The third-order valence-electron chi connectivity index (χ3n) is 2.67. The third kappa shape index (κ3) is 3.59. The minimum absolute atomic E-state index is 0.191. The van der Waals surface area contributed by atoms with Gasteiger partial charge in [0.2, 0.25) is 0 Å². The van der Waals surface area contributed by atoms with Crippen molar-refractivity contribution in [1.29, 1.82) is 0 Å². The largest absolute Gasteiger partial charge is 0.349 e. The molecule has 90 valence electrons. The van der Waals surface area contributed by atoms with Gasteiger partial charge in [-0.1, -0.05) is 42.6 Å².